The molecule has 0 saturated carbocycles. The number of benzene rings is 1. The number of esters is 1. The second-order valence-corrected chi connectivity index (χ2v) is 5.20. The maximum absolute atomic E-state index is 12.3. The van der Waals surface area contributed by atoms with Crippen molar-refractivity contribution in [1.82, 2.24) is 4.90 Å². The highest BCUT2D eigenvalue weighted by Crippen LogP contribution is 2.34. The first-order valence-corrected chi connectivity index (χ1v) is 7.50. The van der Waals surface area contributed by atoms with Crippen molar-refractivity contribution in [1.29, 1.82) is 5.26 Å². The van der Waals surface area contributed by atoms with Gasteiger partial charge >= 0.3 is 5.97 Å². The number of nitriles is 1. The average molecular weight is 365 g/mol. The number of carbonyl (C=O) groups excluding carboxylic acids is 2. The summed E-state index contributed by atoms with van der Waals surface area (Å²) in [4.78, 5) is 36.2. The first-order chi connectivity index (χ1) is 12.3. The van der Waals surface area contributed by atoms with Crippen molar-refractivity contribution >= 4 is 17.6 Å². The van der Waals surface area contributed by atoms with E-state index in [4.69, 9.17) is 19.5 Å². The van der Waals surface area contributed by atoms with E-state index in [0.717, 1.165) is 12.1 Å². The third-order valence-electron chi connectivity index (χ3n) is 3.49. The Bertz CT molecular complexity index is 742. The molecule has 26 heavy (non-hydrogen) atoms. The Kier molecular flexibility index (Phi) is 7.34. The second kappa shape index (κ2) is 9.22. The third kappa shape index (κ3) is 4.83. The number of nitro benzene ring substituents is 1. The molecule has 10 heteroatoms. The molecule has 0 aliphatic carbocycles. The molecule has 140 valence electrons. The highest BCUT2D eigenvalue weighted by molar-refractivity contribution is 5.96. The van der Waals surface area contributed by atoms with E-state index in [-0.39, 0.29) is 30.0 Å². The lowest BCUT2D eigenvalue weighted by molar-refractivity contribution is -0.385. The molecule has 0 radical (unpaired) electrons. The van der Waals surface area contributed by atoms with E-state index >= 15 is 0 Å². The van der Waals surface area contributed by atoms with Crippen LogP contribution in [0.2, 0.25) is 0 Å². The summed E-state index contributed by atoms with van der Waals surface area (Å²) in [7, 11) is 4.08. The van der Waals surface area contributed by atoms with Crippen molar-refractivity contribution < 1.29 is 28.7 Å². The minimum absolute atomic E-state index is 0.0797. The minimum atomic E-state index is -1.18. The number of carbonyl (C=O) groups is 2. The Balaban J connectivity index is 3.07. The van der Waals surface area contributed by atoms with Crippen LogP contribution < -0.4 is 9.47 Å². The zero-order chi connectivity index (χ0) is 19.9. The first kappa shape index (κ1) is 20.7. The molecule has 1 atom stereocenters. The Morgan fingerprint density at radius 2 is 1.88 bits per heavy atom. The summed E-state index contributed by atoms with van der Waals surface area (Å²) in [5.74, 6) is -1.39. The molecule has 0 N–H and O–H groups in total. The van der Waals surface area contributed by atoms with Crippen LogP contribution in [0.5, 0.6) is 11.5 Å². The molecule has 0 saturated heterocycles. The summed E-state index contributed by atoms with van der Waals surface area (Å²) in [6, 6.07) is 4.06. The Hall–Kier alpha value is -3.35. The summed E-state index contributed by atoms with van der Waals surface area (Å²) in [5.41, 5.74) is -0.905. The van der Waals surface area contributed by atoms with E-state index in [1.54, 1.807) is 0 Å². The van der Waals surface area contributed by atoms with E-state index in [9.17, 15) is 19.7 Å². The van der Waals surface area contributed by atoms with Crippen LogP contribution in [0.4, 0.5) is 5.69 Å². The number of likely N-dealkylation sites (N-methyl/N-ethyl adjacent to an activating group) is 1. The van der Waals surface area contributed by atoms with Gasteiger partial charge in [-0.25, -0.2) is 4.79 Å². The predicted octanol–water partition coefficient (Wildman–Crippen LogP) is 1.53. The van der Waals surface area contributed by atoms with Gasteiger partial charge < -0.3 is 19.1 Å². The number of amides is 1. The van der Waals surface area contributed by atoms with Crippen molar-refractivity contribution in [3.8, 4) is 17.6 Å². The zero-order valence-electron chi connectivity index (χ0n) is 14.8. The topological polar surface area (TPSA) is 132 Å². The van der Waals surface area contributed by atoms with Crippen molar-refractivity contribution in [2.45, 2.75) is 19.4 Å². The Morgan fingerprint density at radius 3 is 2.38 bits per heavy atom. The molecule has 0 aromatic heterocycles. The molecular formula is C16H19N3O7. The molecule has 10 nitrogen and oxygen atoms in total. The van der Waals surface area contributed by atoms with Gasteiger partial charge in [-0.1, -0.05) is 0 Å². The van der Waals surface area contributed by atoms with Gasteiger partial charge in [0.15, 0.2) is 17.6 Å². The van der Waals surface area contributed by atoms with Crippen LogP contribution in [0.3, 0.4) is 0 Å². The largest absolute Gasteiger partial charge is 0.493 e. The van der Waals surface area contributed by atoms with E-state index in [1.807, 2.05) is 6.07 Å². The van der Waals surface area contributed by atoms with Crippen LogP contribution in [0.25, 0.3) is 0 Å². The molecular weight excluding hydrogens is 346 g/mol. The number of methoxy groups -OCH3 is 2. The average Bonchev–Trinajstić information content (AvgIpc) is 2.63. The van der Waals surface area contributed by atoms with Gasteiger partial charge in [-0.05, 0) is 6.92 Å². The van der Waals surface area contributed by atoms with Crippen LogP contribution in [0, 0.1) is 21.4 Å². The fourth-order valence-electron chi connectivity index (χ4n) is 2.10. The molecule has 0 bridgehead atoms. The van der Waals surface area contributed by atoms with Gasteiger partial charge in [0.25, 0.3) is 11.6 Å². The van der Waals surface area contributed by atoms with Gasteiger partial charge in [-0.15, -0.1) is 0 Å². The summed E-state index contributed by atoms with van der Waals surface area (Å²) < 4.78 is 15.1. The molecule has 0 heterocycles. The molecule has 0 unspecified atom stereocenters. The van der Waals surface area contributed by atoms with E-state index in [1.165, 1.54) is 33.1 Å². The zero-order valence-corrected chi connectivity index (χ0v) is 14.8. The van der Waals surface area contributed by atoms with Crippen LogP contribution in [-0.4, -0.2) is 55.6 Å². The monoisotopic (exact) mass is 365 g/mol. The van der Waals surface area contributed by atoms with Gasteiger partial charge in [0.1, 0.15) is 5.56 Å². The maximum atomic E-state index is 12.3. The fraction of sp³-hybridized carbons (Fsp3) is 0.438. The van der Waals surface area contributed by atoms with Crippen molar-refractivity contribution in [2.75, 3.05) is 27.8 Å². The number of ether oxygens (including phenoxy) is 3. The summed E-state index contributed by atoms with van der Waals surface area (Å²) in [6.07, 6.45) is -1.05. The highest BCUT2D eigenvalue weighted by atomic mass is 16.6. The molecule has 1 amide bonds. The number of hydrogen-bond donors (Lipinski definition) is 0. The van der Waals surface area contributed by atoms with Gasteiger partial charge in [-0.2, -0.15) is 5.26 Å². The SMILES string of the molecule is COc1cc(C(=O)O[C@H](C)C(=O)N(C)CCC#N)c([N+](=O)[O-])cc1OC. The smallest absolute Gasteiger partial charge is 0.346 e. The van der Waals surface area contributed by atoms with Crippen molar-refractivity contribution in [3.05, 3.63) is 27.8 Å². The molecule has 0 fully saturated rings. The van der Waals surface area contributed by atoms with Crippen LogP contribution in [0.15, 0.2) is 12.1 Å². The lowest BCUT2D eigenvalue weighted by Gasteiger charge is -2.20. The van der Waals surface area contributed by atoms with Gasteiger partial charge in [0, 0.05) is 19.7 Å². The van der Waals surface area contributed by atoms with E-state index in [0.29, 0.717) is 0 Å². The molecule has 1 aromatic rings. The number of hydrogen-bond acceptors (Lipinski definition) is 8. The predicted molar refractivity (Wildman–Crippen MR) is 88.9 cm³/mol. The fourth-order valence-corrected chi connectivity index (χ4v) is 2.10. The van der Waals surface area contributed by atoms with Crippen LogP contribution in [0.1, 0.15) is 23.7 Å². The lowest BCUT2D eigenvalue weighted by Crippen LogP contribution is -2.38. The first-order valence-electron chi connectivity index (χ1n) is 7.50. The molecule has 0 aliphatic rings. The van der Waals surface area contributed by atoms with Gasteiger partial charge in [0.2, 0.25) is 0 Å². The standard InChI is InChI=1S/C16H19N3O7/c1-10(15(20)18(2)7-5-6-17)26-16(21)11-8-13(24-3)14(25-4)9-12(11)19(22)23/h8-10H,5,7H2,1-4H3/t10-/m1/s1. The number of rotatable bonds is 8. The van der Waals surface area contributed by atoms with Crippen molar-refractivity contribution in [3.63, 3.8) is 0 Å². The molecule has 1 rings (SSSR count). The maximum Gasteiger partial charge on any atom is 0.346 e. The second-order valence-electron chi connectivity index (χ2n) is 5.20. The minimum Gasteiger partial charge on any atom is -0.493 e. The van der Waals surface area contributed by atoms with Crippen LogP contribution in [-0.2, 0) is 9.53 Å². The molecule has 0 aliphatic heterocycles. The quantitative estimate of drug-likeness (QED) is 0.385. The third-order valence-corrected chi connectivity index (χ3v) is 3.49. The molecule has 1 aromatic carbocycles. The van der Waals surface area contributed by atoms with Gasteiger partial charge in [0.05, 0.1) is 37.7 Å². The van der Waals surface area contributed by atoms with Gasteiger partial charge in [-0.3, -0.25) is 14.9 Å². The number of nitrogens with zero attached hydrogens (tertiary/aromatic N) is 3. The summed E-state index contributed by atoms with van der Waals surface area (Å²) in [5, 5.41) is 19.8. The van der Waals surface area contributed by atoms with E-state index < -0.39 is 28.6 Å². The number of nitro groups is 1. The summed E-state index contributed by atoms with van der Waals surface area (Å²) >= 11 is 0. The molecule has 0 spiro atoms. The lowest BCUT2D eigenvalue weighted by atomic mass is 10.1. The van der Waals surface area contributed by atoms with E-state index in [2.05, 4.69) is 0 Å². The highest BCUT2D eigenvalue weighted by Gasteiger charge is 2.29. The van der Waals surface area contributed by atoms with Crippen LogP contribution >= 0.6 is 0 Å². The summed E-state index contributed by atoms with van der Waals surface area (Å²) in [6.45, 7) is 1.52. The normalized spacial score (nSPS) is 11.0. The van der Waals surface area contributed by atoms with Crippen molar-refractivity contribution in [2.24, 2.45) is 0 Å². The Morgan fingerprint density at radius 1 is 1.31 bits per heavy atom. The Labute approximate surface area is 150 Å².